The van der Waals surface area contributed by atoms with E-state index in [0.717, 1.165) is 10.9 Å². The SMILES string of the molecule is CC(O)C(NC(=O)C(Cc1ccc(O)cc1)NC(=O)C(N)CC(N)=O)C(=O)NC(Cc1c[nH]c2ccccc12)C(=O)O. The van der Waals surface area contributed by atoms with Crippen molar-refractivity contribution < 1.29 is 39.3 Å². The molecule has 0 radical (unpaired) electrons. The van der Waals surface area contributed by atoms with Crippen LogP contribution in [-0.4, -0.2) is 80.2 Å². The first-order valence-electron chi connectivity index (χ1n) is 13.0. The standard InChI is InChI=1S/C28H34N6O8/c1-14(35)24(27(40)33-22(28(41)42)11-16-13-31-20-5-3-2-4-18(16)20)34-26(39)21(10-15-6-8-17(36)9-7-15)32-25(38)19(29)12-23(30)37/h2-9,13-14,19,21-22,24,31,35-36H,10-12,29H2,1H3,(H2,30,37)(H,32,38)(H,33,40)(H,34,39)(H,41,42). The van der Waals surface area contributed by atoms with Gasteiger partial charge in [0.2, 0.25) is 23.6 Å². The van der Waals surface area contributed by atoms with Crippen molar-refractivity contribution in [3.63, 3.8) is 0 Å². The van der Waals surface area contributed by atoms with E-state index in [0.29, 0.717) is 11.1 Å². The van der Waals surface area contributed by atoms with Crippen LogP contribution in [0, 0.1) is 0 Å². The zero-order valence-electron chi connectivity index (χ0n) is 22.7. The third-order valence-corrected chi connectivity index (χ3v) is 6.54. The van der Waals surface area contributed by atoms with Gasteiger partial charge in [0, 0.05) is 29.9 Å². The Morgan fingerprint density at radius 3 is 2.14 bits per heavy atom. The quantitative estimate of drug-likeness (QED) is 0.110. The van der Waals surface area contributed by atoms with Crippen molar-refractivity contribution in [1.29, 1.82) is 0 Å². The summed E-state index contributed by atoms with van der Waals surface area (Å²) in [6, 6.07) is 7.31. The van der Waals surface area contributed by atoms with Crippen molar-refractivity contribution in [2.75, 3.05) is 0 Å². The highest BCUT2D eigenvalue weighted by molar-refractivity contribution is 5.95. The van der Waals surface area contributed by atoms with E-state index in [2.05, 4.69) is 20.9 Å². The number of aromatic hydroxyl groups is 1. The zero-order valence-corrected chi connectivity index (χ0v) is 22.7. The van der Waals surface area contributed by atoms with Crippen LogP contribution in [0.3, 0.4) is 0 Å². The maximum Gasteiger partial charge on any atom is 0.326 e. The molecule has 0 spiro atoms. The maximum absolute atomic E-state index is 13.3. The van der Waals surface area contributed by atoms with Gasteiger partial charge >= 0.3 is 5.97 Å². The van der Waals surface area contributed by atoms with Crippen LogP contribution in [0.5, 0.6) is 5.75 Å². The molecule has 224 valence electrons. The molecule has 14 heteroatoms. The number of primary amides is 1. The number of nitrogens with one attached hydrogen (secondary N) is 4. The van der Waals surface area contributed by atoms with E-state index in [4.69, 9.17) is 11.5 Å². The third kappa shape index (κ3) is 8.52. The predicted octanol–water partition coefficient (Wildman–Crippen LogP) is -1.22. The number of aliphatic hydroxyl groups is 1. The van der Waals surface area contributed by atoms with E-state index in [1.54, 1.807) is 18.3 Å². The number of hydrogen-bond donors (Lipinski definition) is 9. The number of rotatable bonds is 14. The minimum absolute atomic E-state index is 0.0290. The average Bonchev–Trinajstić information content (AvgIpc) is 3.34. The molecule has 0 aliphatic rings. The number of carbonyl (C=O) groups is 5. The van der Waals surface area contributed by atoms with Gasteiger partial charge in [0.05, 0.1) is 18.6 Å². The topological polar surface area (TPSA) is 250 Å². The Labute approximate surface area is 240 Å². The Bertz CT molecular complexity index is 1440. The Morgan fingerprint density at radius 1 is 0.881 bits per heavy atom. The summed E-state index contributed by atoms with van der Waals surface area (Å²) in [7, 11) is 0. The fourth-order valence-electron chi connectivity index (χ4n) is 4.31. The molecule has 5 unspecified atom stereocenters. The molecule has 5 atom stereocenters. The number of para-hydroxylation sites is 1. The molecule has 0 saturated carbocycles. The molecule has 2 aromatic carbocycles. The predicted molar refractivity (Wildman–Crippen MR) is 151 cm³/mol. The van der Waals surface area contributed by atoms with Crippen LogP contribution in [0.2, 0.25) is 0 Å². The van der Waals surface area contributed by atoms with Gasteiger partial charge < -0.3 is 47.7 Å². The number of carboxylic acid groups (broad SMARTS) is 1. The Hall–Kier alpha value is -4.95. The molecule has 42 heavy (non-hydrogen) atoms. The number of phenols is 1. The molecule has 0 saturated heterocycles. The lowest BCUT2D eigenvalue weighted by atomic mass is 10.0. The van der Waals surface area contributed by atoms with Gasteiger partial charge in [-0.05, 0) is 36.2 Å². The first-order valence-corrected chi connectivity index (χ1v) is 13.0. The maximum atomic E-state index is 13.3. The fraction of sp³-hybridized carbons (Fsp3) is 0.321. The molecule has 0 bridgehead atoms. The highest BCUT2D eigenvalue weighted by Crippen LogP contribution is 2.19. The molecule has 0 aliphatic heterocycles. The molecule has 1 heterocycles. The number of fused-ring (bicyclic) bond motifs is 1. The molecule has 11 N–H and O–H groups in total. The number of aliphatic hydroxyl groups excluding tert-OH is 1. The van der Waals surface area contributed by atoms with E-state index in [9.17, 15) is 39.3 Å². The molecule has 1 aromatic heterocycles. The van der Waals surface area contributed by atoms with Crippen LogP contribution < -0.4 is 27.4 Å². The van der Waals surface area contributed by atoms with Crippen LogP contribution in [0.1, 0.15) is 24.5 Å². The van der Waals surface area contributed by atoms with Crippen molar-refractivity contribution in [2.24, 2.45) is 11.5 Å². The number of aliphatic carboxylic acids is 1. The summed E-state index contributed by atoms with van der Waals surface area (Å²) in [4.78, 5) is 65.3. The van der Waals surface area contributed by atoms with E-state index in [1.807, 2.05) is 12.1 Å². The van der Waals surface area contributed by atoms with E-state index >= 15 is 0 Å². The summed E-state index contributed by atoms with van der Waals surface area (Å²) >= 11 is 0. The van der Waals surface area contributed by atoms with Crippen LogP contribution in [0.15, 0.2) is 54.7 Å². The molecule has 4 amide bonds. The first-order chi connectivity index (χ1) is 19.8. The van der Waals surface area contributed by atoms with Gasteiger partial charge in [0.1, 0.15) is 23.9 Å². The minimum atomic E-state index is -1.60. The Morgan fingerprint density at radius 2 is 1.52 bits per heavy atom. The van der Waals surface area contributed by atoms with Crippen molar-refractivity contribution in [3.05, 3.63) is 65.9 Å². The number of carbonyl (C=O) groups excluding carboxylic acids is 4. The fourth-order valence-corrected chi connectivity index (χ4v) is 4.31. The van der Waals surface area contributed by atoms with Crippen LogP contribution >= 0.6 is 0 Å². The normalized spacial score (nSPS) is 14.6. The lowest BCUT2D eigenvalue weighted by Gasteiger charge is -2.26. The number of nitrogens with two attached hydrogens (primary N) is 2. The summed E-state index contributed by atoms with van der Waals surface area (Å²) in [6.45, 7) is 1.23. The smallest absolute Gasteiger partial charge is 0.326 e. The minimum Gasteiger partial charge on any atom is -0.508 e. The molecular weight excluding hydrogens is 548 g/mol. The van der Waals surface area contributed by atoms with Gasteiger partial charge in [0.15, 0.2) is 0 Å². The van der Waals surface area contributed by atoms with Crippen molar-refractivity contribution >= 4 is 40.5 Å². The third-order valence-electron chi connectivity index (χ3n) is 6.54. The van der Waals surface area contributed by atoms with Crippen molar-refractivity contribution in [3.8, 4) is 5.75 Å². The zero-order chi connectivity index (χ0) is 31.0. The second-order valence-electron chi connectivity index (χ2n) is 9.90. The summed E-state index contributed by atoms with van der Waals surface area (Å²) in [6.07, 6.45) is -0.500. The lowest BCUT2D eigenvalue weighted by Crippen LogP contribution is -2.60. The lowest BCUT2D eigenvalue weighted by molar-refractivity contribution is -0.143. The molecule has 3 aromatic rings. The first kappa shape index (κ1) is 31.6. The number of H-pyrrole nitrogens is 1. The number of aromatic nitrogens is 1. The summed E-state index contributed by atoms with van der Waals surface area (Å²) in [5.41, 5.74) is 12.8. The van der Waals surface area contributed by atoms with Gasteiger partial charge in [0.25, 0.3) is 0 Å². The molecule has 3 rings (SSSR count). The number of carboxylic acids is 1. The number of benzene rings is 2. The van der Waals surface area contributed by atoms with Crippen molar-refractivity contribution in [2.45, 2.75) is 56.5 Å². The average molecular weight is 583 g/mol. The summed E-state index contributed by atoms with van der Waals surface area (Å²) in [5, 5.41) is 37.6. The van der Waals surface area contributed by atoms with E-state index < -0.39 is 66.3 Å². The number of amides is 4. The molecular formula is C28H34N6O8. The van der Waals surface area contributed by atoms with Crippen molar-refractivity contribution in [1.82, 2.24) is 20.9 Å². The van der Waals surface area contributed by atoms with Crippen LogP contribution in [-0.2, 0) is 36.8 Å². The second-order valence-corrected chi connectivity index (χ2v) is 9.90. The van der Waals surface area contributed by atoms with Gasteiger partial charge in [-0.1, -0.05) is 30.3 Å². The van der Waals surface area contributed by atoms with Gasteiger partial charge in [-0.15, -0.1) is 0 Å². The summed E-state index contributed by atoms with van der Waals surface area (Å²) in [5.74, 6) is -4.92. The van der Waals surface area contributed by atoms with Gasteiger partial charge in [-0.2, -0.15) is 0 Å². The van der Waals surface area contributed by atoms with E-state index in [1.165, 1.54) is 31.2 Å². The molecule has 0 fully saturated rings. The molecule has 0 aliphatic carbocycles. The number of aromatic amines is 1. The van der Waals surface area contributed by atoms with Gasteiger partial charge in [-0.3, -0.25) is 19.2 Å². The monoisotopic (exact) mass is 582 g/mol. The number of hydrogen-bond acceptors (Lipinski definition) is 8. The largest absolute Gasteiger partial charge is 0.508 e. The highest BCUT2D eigenvalue weighted by Gasteiger charge is 2.33. The second kappa shape index (κ2) is 14.1. The highest BCUT2D eigenvalue weighted by atomic mass is 16.4. The summed E-state index contributed by atoms with van der Waals surface area (Å²) < 4.78 is 0. The Balaban J connectivity index is 1.77. The van der Waals surface area contributed by atoms with Crippen LogP contribution in [0.25, 0.3) is 10.9 Å². The van der Waals surface area contributed by atoms with Gasteiger partial charge in [-0.25, -0.2) is 4.79 Å². The molecule has 14 nitrogen and oxygen atoms in total. The van der Waals surface area contributed by atoms with E-state index in [-0.39, 0.29) is 18.6 Å². The number of phenolic OH excluding ortho intramolecular Hbond substituents is 1. The van der Waals surface area contributed by atoms with Crippen LogP contribution in [0.4, 0.5) is 0 Å². The Kier molecular flexibility index (Phi) is 10.6.